The summed E-state index contributed by atoms with van der Waals surface area (Å²) in [6, 6.07) is 8.08. The first kappa shape index (κ1) is 14.4. The van der Waals surface area contributed by atoms with Crippen molar-refractivity contribution in [2.75, 3.05) is 20.2 Å². The van der Waals surface area contributed by atoms with Crippen molar-refractivity contribution in [1.29, 1.82) is 0 Å². The van der Waals surface area contributed by atoms with Crippen molar-refractivity contribution >= 4 is 12.0 Å². The van der Waals surface area contributed by atoms with E-state index in [1.54, 1.807) is 4.90 Å². The molecule has 20 heavy (non-hydrogen) atoms. The van der Waals surface area contributed by atoms with Gasteiger partial charge in [-0.2, -0.15) is 0 Å². The lowest BCUT2D eigenvalue weighted by molar-refractivity contribution is -0.139. The Morgan fingerprint density at radius 2 is 2.25 bits per heavy atom. The molecule has 108 valence electrons. The molecule has 1 unspecified atom stereocenters. The van der Waals surface area contributed by atoms with Crippen LogP contribution in [0.15, 0.2) is 24.3 Å². The van der Waals surface area contributed by atoms with Gasteiger partial charge in [-0.25, -0.2) is 4.79 Å². The highest BCUT2D eigenvalue weighted by atomic mass is 16.5. The zero-order chi connectivity index (χ0) is 14.5. The van der Waals surface area contributed by atoms with Gasteiger partial charge in [0.25, 0.3) is 0 Å². The SMILES string of the molecule is COC(=O)CNC(=O)N1CCCC1c1cccc(C)c1. The maximum Gasteiger partial charge on any atom is 0.325 e. The number of aryl methyl sites for hydroxylation is 1. The molecule has 0 spiro atoms. The minimum atomic E-state index is -0.440. The van der Waals surface area contributed by atoms with Gasteiger partial charge < -0.3 is 15.0 Å². The molecule has 1 aliphatic heterocycles. The number of urea groups is 1. The normalized spacial score (nSPS) is 17.9. The van der Waals surface area contributed by atoms with Crippen LogP contribution in [-0.2, 0) is 9.53 Å². The van der Waals surface area contributed by atoms with Gasteiger partial charge in [0.15, 0.2) is 0 Å². The molecule has 0 aromatic heterocycles. The second-order valence-electron chi connectivity index (χ2n) is 5.00. The van der Waals surface area contributed by atoms with E-state index in [-0.39, 0.29) is 18.6 Å². The number of hydrogen-bond acceptors (Lipinski definition) is 3. The van der Waals surface area contributed by atoms with E-state index in [0.717, 1.165) is 18.4 Å². The predicted octanol–water partition coefficient (Wildman–Crippen LogP) is 2.01. The van der Waals surface area contributed by atoms with Crippen molar-refractivity contribution in [1.82, 2.24) is 10.2 Å². The number of benzene rings is 1. The van der Waals surface area contributed by atoms with Gasteiger partial charge in [0, 0.05) is 6.54 Å². The number of esters is 1. The molecule has 5 nitrogen and oxygen atoms in total. The average Bonchev–Trinajstić information content (AvgIpc) is 2.93. The van der Waals surface area contributed by atoms with E-state index in [4.69, 9.17) is 0 Å². The molecule has 0 radical (unpaired) electrons. The fourth-order valence-electron chi connectivity index (χ4n) is 2.56. The van der Waals surface area contributed by atoms with Crippen molar-refractivity contribution in [2.24, 2.45) is 0 Å². The molecule has 2 amide bonds. The molecule has 0 aliphatic carbocycles. The van der Waals surface area contributed by atoms with E-state index in [1.165, 1.54) is 12.7 Å². The van der Waals surface area contributed by atoms with Gasteiger partial charge in [-0.05, 0) is 25.3 Å². The molecular weight excluding hydrogens is 256 g/mol. The highest BCUT2D eigenvalue weighted by molar-refractivity contribution is 5.81. The topological polar surface area (TPSA) is 58.6 Å². The van der Waals surface area contributed by atoms with Crippen molar-refractivity contribution < 1.29 is 14.3 Å². The molecule has 0 bridgehead atoms. The zero-order valence-corrected chi connectivity index (χ0v) is 11.9. The highest BCUT2D eigenvalue weighted by Gasteiger charge is 2.30. The molecule has 0 saturated carbocycles. The first-order chi connectivity index (χ1) is 9.61. The Bertz CT molecular complexity index is 502. The number of methoxy groups -OCH3 is 1. The highest BCUT2D eigenvalue weighted by Crippen LogP contribution is 2.32. The summed E-state index contributed by atoms with van der Waals surface area (Å²) in [5.41, 5.74) is 2.33. The molecule has 1 fully saturated rings. The summed E-state index contributed by atoms with van der Waals surface area (Å²) in [5, 5.41) is 2.60. The predicted molar refractivity (Wildman–Crippen MR) is 75.3 cm³/mol. The number of nitrogens with one attached hydrogen (secondary N) is 1. The van der Waals surface area contributed by atoms with Gasteiger partial charge >= 0.3 is 12.0 Å². The van der Waals surface area contributed by atoms with Crippen LogP contribution >= 0.6 is 0 Å². The van der Waals surface area contributed by atoms with Gasteiger partial charge in [0.2, 0.25) is 0 Å². The summed E-state index contributed by atoms with van der Waals surface area (Å²) >= 11 is 0. The summed E-state index contributed by atoms with van der Waals surface area (Å²) in [7, 11) is 1.31. The number of amides is 2. The van der Waals surface area contributed by atoms with E-state index in [1.807, 2.05) is 25.1 Å². The first-order valence-electron chi connectivity index (χ1n) is 6.79. The second-order valence-corrected chi connectivity index (χ2v) is 5.00. The fourth-order valence-corrected chi connectivity index (χ4v) is 2.56. The third kappa shape index (κ3) is 3.29. The van der Waals surface area contributed by atoms with Crippen LogP contribution in [0.5, 0.6) is 0 Å². The molecule has 5 heteroatoms. The van der Waals surface area contributed by atoms with Crippen molar-refractivity contribution in [2.45, 2.75) is 25.8 Å². The van der Waals surface area contributed by atoms with Crippen LogP contribution in [0.3, 0.4) is 0 Å². The van der Waals surface area contributed by atoms with Gasteiger partial charge in [0.1, 0.15) is 6.54 Å². The second kappa shape index (κ2) is 6.41. The van der Waals surface area contributed by atoms with Gasteiger partial charge in [-0.1, -0.05) is 29.8 Å². The fraction of sp³-hybridized carbons (Fsp3) is 0.467. The van der Waals surface area contributed by atoms with E-state index < -0.39 is 5.97 Å². The van der Waals surface area contributed by atoms with E-state index in [0.29, 0.717) is 6.54 Å². The number of carbonyl (C=O) groups excluding carboxylic acids is 2. The third-order valence-corrected chi connectivity index (χ3v) is 3.55. The van der Waals surface area contributed by atoms with Crippen molar-refractivity contribution in [3.05, 3.63) is 35.4 Å². The third-order valence-electron chi connectivity index (χ3n) is 3.55. The van der Waals surface area contributed by atoms with E-state index >= 15 is 0 Å². The van der Waals surface area contributed by atoms with Gasteiger partial charge in [-0.3, -0.25) is 4.79 Å². The molecule has 1 heterocycles. The van der Waals surface area contributed by atoms with Crippen LogP contribution in [0.25, 0.3) is 0 Å². The number of ether oxygens (including phenoxy) is 1. The van der Waals surface area contributed by atoms with Crippen LogP contribution in [0.4, 0.5) is 4.79 Å². The Hall–Kier alpha value is -2.04. The lowest BCUT2D eigenvalue weighted by atomic mass is 10.0. The largest absolute Gasteiger partial charge is 0.468 e. The Labute approximate surface area is 118 Å². The smallest absolute Gasteiger partial charge is 0.325 e. The van der Waals surface area contributed by atoms with Crippen LogP contribution in [0.1, 0.15) is 30.0 Å². The van der Waals surface area contributed by atoms with Crippen molar-refractivity contribution in [3.63, 3.8) is 0 Å². The number of likely N-dealkylation sites (tertiary alicyclic amines) is 1. The molecular formula is C15H20N2O3. The summed E-state index contributed by atoms with van der Waals surface area (Å²) in [4.78, 5) is 25.0. The maximum atomic E-state index is 12.1. The molecule has 1 saturated heterocycles. The van der Waals surface area contributed by atoms with Crippen LogP contribution < -0.4 is 5.32 Å². The Balaban J connectivity index is 2.03. The Morgan fingerprint density at radius 3 is 2.95 bits per heavy atom. The summed E-state index contributed by atoms with van der Waals surface area (Å²) in [6.45, 7) is 2.66. The molecule has 1 aromatic rings. The minimum Gasteiger partial charge on any atom is -0.468 e. The Morgan fingerprint density at radius 1 is 1.45 bits per heavy atom. The van der Waals surface area contributed by atoms with Crippen LogP contribution in [-0.4, -0.2) is 37.1 Å². The summed E-state index contributed by atoms with van der Waals surface area (Å²) < 4.78 is 4.52. The van der Waals surface area contributed by atoms with Gasteiger partial charge in [-0.15, -0.1) is 0 Å². The standard InChI is InChI=1S/C15H20N2O3/c1-11-5-3-6-12(9-11)13-7-4-8-17(13)15(19)16-10-14(18)20-2/h3,5-6,9,13H,4,7-8,10H2,1-2H3,(H,16,19). The summed E-state index contributed by atoms with van der Waals surface area (Å²) in [6.07, 6.45) is 1.93. The molecule has 2 rings (SSSR count). The summed E-state index contributed by atoms with van der Waals surface area (Å²) in [5.74, 6) is -0.440. The molecule has 1 aromatic carbocycles. The lowest BCUT2D eigenvalue weighted by Crippen LogP contribution is -2.41. The number of carbonyl (C=O) groups is 2. The zero-order valence-electron chi connectivity index (χ0n) is 11.9. The lowest BCUT2D eigenvalue weighted by Gasteiger charge is -2.25. The number of rotatable bonds is 3. The van der Waals surface area contributed by atoms with Crippen LogP contribution in [0, 0.1) is 6.92 Å². The quantitative estimate of drug-likeness (QED) is 0.859. The number of nitrogens with zero attached hydrogens (tertiary/aromatic N) is 1. The first-order valence-corrected chi connectivity index (χ1v) is 6.79. The monoisotopic (exact) mass is 276 g/mol. The van der Waals surface area contributed by atoms with E-state index in [2.05, 4.69) is 16.1 Å². The molecule has 1 atom stereocenters. The average molecular weight is 276 g/mol. The molecule has 1 aliphatic rings. The van der Waals surface area contributed by atoms with E-state index in [9.17, 15) is 9.59 Å². The van der Waals surface area contributed by atoms with Crippen LogP contribution in [0.2, 0.25) is 0 Å². The van der Waals surface area contributed by atoms with Gasteiger partial charge in [0.05, 0.1) is 13.2 Å². The molecule has 1 N–H and O–H groups in total. The number of hydrogen-bond donors (Lipinski definition) is 1. The minimum absolute atomic E-state index is 0.0903. The Kier molecular flexibility index (Phi) is 4.61. The van der Waals surface area contributed by atoms with Crippen molar-refractivity contribution in [3.8, 4) is 0 Å². The maximum absolute atomic E-state index is 12.1.